The number of alkyl halides is 3. The maximum atomic E-state index is 12.5. The van der Waals surface area contributed by atoms with E-state index in [0.29, 0.717) is 0 Å². The lowest BCUT2D eigenvalue weighted by molar-refractivity contribution is -0.137. The highest BCUT2D eigenvalue weighted by molar-refractivity contribution is 5.84. The molecule has 0 spiro atoms. The van der Waals surface area contributed by atoms with Gasteiger partial charge in [0, 0.05) is 12.2 Å². The van der Waals surface area contributed by atoms with E-state index in [9.17, 15) is 18.0 Å². The Labute approximate surface area is 109 Å². The first-order chi connectivity index (χ1) is 8.70. The average Bonchev–Trinajstić information content (AvgIpc) is 2.27. The van der Waals surface area contributed by atoms with Gasteiger partial charge in [0.2, 0.25) is 5.91 Å². The maximum absolute atomic E-state index is 12.5. The Bertz CT molecular complexity index is 446. The monoisotopic (exact) mass is 275 g/mol. The Morgan fingerprint density at radius 2 is 1.95 bits per heavy atom. The first kappa shape index (κ1) is 15.3. The molecule has 0 saturated carbocycles. The van der Waals surface area contributed by atoms with Crippen molar-refractivity contribution in [1.82, 2.24) is 10.3 Å². The molecule has 1 unspecified atom stereocenters. The largest absolute Gasteiger partial charge is 0.416 e. The highest BCUT2D eigenvalue weighted by Crippen LogP contribution is 2.29. The van der Waals surface area contributed by atoms with Crippen LogP contribution in [0.5, 0.6) is 0 Å². The number of amides is 1. The van der Waals surface area contributed by atoms with E-state index in [1.165, 1.54) is 0 Å². The normalized spacial score (nSPS) is 13.2. The van der Waals surface area contributed by atoms with Crippen molar-refractivity contribution in [3.05, 3.63) is 23.9 Å². The van der Waals surface area contributed by atoms with Gasteiger partial charge in [0.25, 0.3) is 0 Å². The van der Waals surface area contributed by atoms with Gasteiger partial charge in [-0.2, -0.15) is 13.2 Å². The topological polar surface area (TPSA) is 54.0 Å². The number of hydrogen-bond donors (Lipinski definition) is 2. The highest BCUT2D eigenvalue weighted by Gasteiger charge is 2.30. The van der Waals surface area contributed by atoms with Crippen LogP contribution in [0.3, 0.4) is 0 Å². The van der Waals surface area contributed by atoms with E-state index in [0.717, 1.165) is 18.3 Å². The number of halogens is 3. The van der Waals surface area contributed by atoms with Crippen molar-refractivity contribution < 1.29 is 18.0 Å². The van der Waals surface area contributed by atoms with Crippen LogP contribution in [-0.4, -0.2) is 23.0 Å². The van der Waals surface area contributed by atoms with Gasteiger partial charge in [-0.05, 0) is 32.9 Å². The Balaban J connectivity index is 2.75. The number of aromatic nitrogens is 1. The molecule has 19 heavy (non-hydrogen) atoms. The molecule has 4 nitrogen and oxygen atoms in total. The van der Waals surface area contributed by atoms with Crippen molar-refractivity contribution >= 4 is 11.7 Å². The summed E-state index contributed by atoms with van der Waals surface area (Å²) in [4.78, 5) is 15.4. The summed E-state index contributed by atoms with van der Waals surface area (Å²) in [7, 11) is 0. The number of nitrogens with zero attached hydrogens (tertiary/aromatic N) is 1. The van der Waals surface area contributed by atoms with Crippen LogP contribution in [0.15, 0.2) is 18.3 Å². The lowest BCUT2D eigenvalue weighted by Crippen LogP contribution is -2.41. The van der Waals surface area contributed by atoms with Crippen LogP contribution in [0.4, 0.5) is 19.0 Å². The molecule has 0 fully saturated rings. The van der Waals surface area contributed by atoms with Gasteiger partial charge in [0.05, 0.1) is 5.56 Å². The van der Waals surface area contributed by atoms with E-state index in [1.807, 2.05) is 0 Å². The zero-order valence-electron chi connectivity index (χ0n) is 10.9. The molecule has 2 N–H and O–H groups in total. The summed E-state index contributed by atoms with van der Waals surface area (Å²) < 4.78 is 37.5. The summed E-state index contributed by atoms with van der Waals surface area (Å²) in [5.74, 6) is -0.282. The quantitative estimate of drug-likeness (QED) is 0.887. The van der Waals surface area contributed by atoms with E-state index in [-0.39, 0.29) is 17.8 Å². The number of carbonyl (C=O) groups excluding carboxylic acids is 1. The van der Waals surface area contributed by atoms with Crippen LogP contribution in [0.25, 0.3) is 0 Å². The molecule has 1 heterocycles. The maximum Gasteiger partial charge on any atom is 0.416 e. The van der Waals surface area contributed by atoms with Gasteiger partial charge in [-0.1, -0.05) is 0 Å². The summed E-state index contributed by atoms with van der Waals surface area (Å²) in [6.45, 7) is 5.15. The molecule has 106 valence electrons. The van der Waals surface area contributed by atoms with Crippen molar-refractivity contribution in [1.29, 1.82) is 0 Å². The van der Waals surface area contributed by atoms with Crippen molar-refractivity contribution in [3.8, 4) is 0 Å². The van der Waals surface area contributed by atoms with E-state index >= 15 is 0 Å². The van der Waals surface area contributed by atoms with Gasteiger partial charge in [0.15, 0.2) is 0 Å². The Kier molecular flexibility index (Phi) is 4.74. The molecule has 0 radical (unpaired) electrons. The molecule has 0 aromatic carbocycles. The first-order valence-electron chi connectivity index (χ1n) is 5.80. The molecule has 1 rings (SSSR count). The number of pyridine rings is 1. The van der Waals surface area contributed by atoms with Crippen LogP contribution in [0.1, 0.15) is 26.3 Å². The zero-order chi connectivity index (χ0) is 14.6. The number of anilines is 1. The van der Waals surface area contributed by atoms with Crippen LogP contribution in [0, 0.1) is 0 Å². The van der Waals surface area contributed by atoms with Crippen molar-refractivity contribution in [3.63, 3.8) is 0 Å². The summed E-state index contributed by atoms with van der Waals surface area (Å²) in [6.07, 6.45) is -3.37. The summed E-state index contributed by atoms with van der Waals surface area (Å²) in [5, 5.41) is 5.29. The average molecular weight is 275 g/mol. The second kappa shape index (κ2) is 5.90. The van der Waals surface area contributed by atoms with Gasteiger partial charge >= 0.3 is 6.18 Å². The van der Waals surface area contributed by atoms with E-state index < -0.39 is 17.8 Å². The minimum atomic E-state index is -4.43. The standard InChI is InChI=1S/C12H16F3N3O/c1-7(2)17-11(19)8(3)18-10-6-9(4-5-16-10)12(13,14)15/h4-8H,1-3H3,(H,16,18)(H,17,19). The third-order valence-electron chi connectivity index (χ3n) is 2.28. The molecule has 0 aliphatic heterocycles. The Morgan fingerprint density at radius 1 is 1.32 bits per heavy atom. The first-order valence-corrected chi connectivity index (χ1v) is 5.80. The molecule has 1 amide bonds. The zero-order valence-corrected chi connectivity index (χ0v) is 10.9. The van der Waals surface area contributed by atoms with E-state index in [4.69, 9.17) is 0 Å². The second-order valence-corrected chi connectivity index (χ2v) is 4.46. The number of carbonyl (C=O) groups is 1. The molecule has 1 atom stereocenters. The van der Waals surface area contributed by atoms with Crippen LogP contribution < -0.4 is 10.6 Å². The predicted octanol–water partition coefficient (Wildman–Crippen LogP) is 2.43. The van der Waals surface area contributed by atoms with Gasteiger partial charge in [0.1, 0.15) is 11.9 Å². The number of hydrogen-bond acceptors (Lipinski definition) is 3. The van der Waals surface area contributed by atoms with Crippen LogP contribution in [-0.2, 0) is 11.0 Å². The smallest absolute Gasteiger partial charge is 0.359 e. The van der Waals surface area contributed by atoms with Crippen molar-refractivity contribution in [2.75, 3.05) is 5.32 Å². The molecule has 0 bridgehead atoms. The molecule has 7 heteroatoms. The predicted molar refractivity (Wildman–Crippen MR) is 65.6 cm³/mol. The summed E-state index contributed by atoms with van der Waals surface area (Å²) in [6, 6.07) is 1.05. The number of rotatable bonds is 4. The number of nitrogens with one attached hydrogen (secondary N) is 2. The van der Waals surface area contributed by atoms with E-state index in [2.05, 4.69) is 15.6 Å². The van der Waals surface area contributed by atoms with Gasteiger partial charge in [-0.25, -0.2) is 4.98 Å². The highest BCUT2D eigenvalue weighted by atomic mass is 19.4. The summed E-state index contributed by atoms with van der Waals surface area (Å²) >= 11 is 0. The summed E-state index contributed by atoms with van der Waals surface area (Å²) in [5.41, 5.74) is -0.804. The molecular formula is C12H16F3N3O. The molecule has 1 aromatic heterocycles. The Morgan fingerprint density at radius 3 is 2.47 bits per heavy atom. The van der Waals surface area contributed by atoms with E-state index in [1.54, 1.807) is 20.8 Å². The van der Waals surface area contributed by atoms with Gasteiger partial charge < -0.3 is 10.6 Å². The fourth-order valence-corrected chi connectivity index (χ4v) is 1.38. The van der Waals surface area contributed by atoms with Crippen LogP contribution in [0.2, 0.25) is 0 Å². The third-order valence-corrected chi connectivity index (χ3v) is 2.28. The molecular weight excluding hydrogens is 259 g/mol. The second-order valence-electron chi connectivity index (χ2n) is 4.46. The molecule has 0 saturated heterocycles. The fraction of sp³-hybridized carbons (Fsp3) is 0.500. The van der Waals surface area contributed by atoms with Crippen molar-refractivity contribution in [2.24, 2.45) is 0 Å². The molecule has 0 aliphatic carbocycles. The Hall–Kier alpha value is -1.79. The molecule has 1 aromatic rings. The lowest BCUT2D eigenvalue weighted by Gasteiger charge is -2.17. The fourth-order valence-electron chi connectivity index (χ4n) is 1.38. The minimum Gasteiger partial charge on any atom is -0.359 e. The van der Waals surface area contributed by atoms with Gasteiger partial charge in [-0.15, -0.1) is 0 Å². The van der Waals surface area contributed by atoms with Crippen molar-refractivity contribution in [2.45, 2.75) is 39.0 Å². The lowest BCUT2D eigenvalue weighted by atomic mass is 10.2. The third kappa shape index (κ3) is 4.76. The molecule has 0 aliphatic rings. The van der Waals surface area contributed by atoms with Gasteiger partial charge in [-0.3, -0.25) is 4.79 Å². The van der Waals surface area contributed by atoms with Crippen LogP contribution >= 0.6 is 0 Å². The SMILES string of the molecule is CC(C)NC(=O)C(C)Nc1cc(C(F)(F)F)ccn1. The minimum absolute atomic E-state index is 0.0150.